The van der Waals surface area contributed by atoms with Crippen molar-refractivity contribution in [1.82, 2.24) is 10.2 Å². The van der Waals surface area contributed by atoms with Gasteiger partial charge in [-0.3, -0.25) is 24.6 Å². The first-order valence-corrected chi connectivity index (χ1v) is 5.80. The zero-order valence-corrected chi connectivity index (χ0v) is 9.84. The van der Waals surface area contributed by atoms with Crippen LogP contribution < -0.4 is 16.0 Å². The van der Waals surface area contributed by atoms with Crippen molar-refractivity contribution in [2.75, 3.05) is 11.4 Å². The fourth-order valence-electron chi connectivity index (χ4n) is 2.36. The van der Waals surface area contributed by atoms with Gasteiger partial charge in [0.1, 0.15) is 0 Å². The Hall–Kier alpha value is -2.41. The summed E-state index contributed by atoms with van der Waals surface area (Å²) in [6, 6.07) is 4.71. The molecule has 2 heterocycles. The lowest BCUT2D eigenvalue weighted by molar-refractivity contribution is -0.117. The van der Waals surface area contributed by atoms with E-state index in [4.69, 9.17) is 0 Å². The smallest absolute Gasteiger partial charge is 0.272 e. The third-order valence-electron chi connectivity index (χ3n) is 3.20. The van der Waals surface area contributed by atoms with E-state index in [0.717, 1.165) is 0 Å². The van der Waals surface area contributed by atoms with Crippen molar-refractivity contribution in [2.45, 2.75) is 12.5 Å². The van der Waals surface area contributed by atoms with Crippen LogP contribution >= 0.6 is 0 Å². The zero-order valence-electron chi connectivity index (χ0n) is 9.84. The Morgan fingerprint density at radius 1 is 1.16 bits per heavy atom. The molecule has 0 saturated carbocycles. The van der Waals surface area contributed by atoms with Crippen molar-refractivity contribution < 1.29 is 9.90 Å². The first-order valence-electron chi connectivity index (χ1n) is 5.80. The molecule has 7 nitrogen and oxygen atoms in total. The molecule has 1 fully saturated rings. The Morgan fingerprint density at radius 2 is 1.89 bits per heavy atom. The van der Waals surface area contributed by atoms with Gasteiger partial charge in [0.05, 0.1) is 35.5 Å². The number of amides is 1. The van der Waals surface area contributed by atoms with Gasteiger partial charge in [0.15, 0.2) is 0 Å². The molecule has 7 heteroatoms. The highest BCUT2D eigenvalue weighted by Gasteiger charge is 2.30. The molecule has 1 saturated heterocycles. The zero-order chi connectivity index (χ0) is 13.6. The molecule has 19 heavy (non-hydrogen) atoms. The second-order valence-corrected chi connectivity index (χ2v) is 4.47. The number of hydrogen-bond donors (Lipinski definition) is 3. The summed E-state index contributed by atoms with van der Waals surface area (Å²) >= 11 is 0. The molecule has 3 N–H and O–H groups in total. The van der Waals surface area contributed by atoms with Gasteiger partial charge in [-0.1, -0.05) is 6.07 Å². The number of carbonyl (C=O) groups excluding carboxylic acids is 1. The first kappa shape index (κ1) is 11.7. The minimum absolute atomic E-state index is 0.0253. The predicted octanol–water partition coefficient (Wildman–Crippen LogP) is -0.686. The number of aliphatic hydroxyl groups excluding tert-OH is 1. The number of anilines is 1. The average molecular weight is 261 g/mol. The summed E-state index contributed by atoms with van der Waals surface area (Å²) in [4.78, 5) is 36.7. The average Bonchev–Trinajstić information content (AvgIpc) is 2.72. The maximum atomic E-state index is 11.9. The third kappa shape index (κ3) is 1.75. The van der Waals surface area contributed by atoms with Crippen molar-refractivity contribution in [2.24, 2.45) is 0 Å². The Balaban J connectivity index is 2.31. The molecule has 1 unspecified atom stereocenters. The highest BCUT2D eigenvalue weighted by Crippen LogP contribution is 2.26. The van der Waals surface area contributed by atoms with E-state index in [1.807, 2.05) is 0 Å². The summed E-state index contributed by atoms with van der Waals surface area (Å²) in [6.45, 7) is 0.129. The number of aromatic nitrogens is 2. The minimum Gasteiger partial charge on any atom is -0.391 e. The molecule has 1 aliphatic heterocycles. The van der Waals surface area contributed by atoms with Gasteiger partial charge in [0.2, 0.25) is 5.91 Å². The topological polar surface area (TPSA) is 106 Å². The molecule has 1 amide bonds. The summed E-state index contributed by atoms with van der Waals surface area (Å²) in [5.74, 6) is -0.264. The number of aliphatic hydroxyl groups is 1. The van der Waals surface area contributed by atoms with E-state index in [-0.39, 0.29) is 29.6 Å². The Morgan fingerprint density at radius 3 is 2.58 bits per heavy atom. The van der Waals surface area contributed by atoms with Crippen LogP contribution in [0.1, 0.15) is 6.42 Å². The highest BCUT2D eigenvalue weighted by molar-refractivity contribution is 6.04. The quantitative estimate of drug-likeness (QED) is 0.632. The summed E-state index contributed by atoms with van der Waals surface area (Å²) < 4.78 is 0. The molecule has 1 aliphatic rings. The van der Waals surface area contributed by atoms with Crippen LogP contribution in [0.15, 0.2) is 27.8 Å². The van der Waals surface area contributed by atoms with Crippen molar-refractivity contribution in [1.29, 1.82) is 0 Å². The summed E-state index contributed by atoms with van der Waals surface area (Å²) in [5, 5.41) is 14.4. The largest absolute Gasteiger partial charge is 0.391 e. The monoisotopic (exact) mass is 261 g/mol. The number of carbonyl (C=O) groups is 1. The fourth-order valence-corrected chi connectivity index (χ4v) is 2.36. The van der Waals surface area contributed by atoms with Crippen molar-refractivity contribution in [3.05, 3.63) is 38.9 Å². The van der Waals surface area contributed by atoms with Crippen LogP contribution in [0.3, 0.4) is 0 Å². The number of H-pyrrole nitrogens is 2. The molecule has 1 aromatic carbocycles. The van der Waals surface area contributed by atoms with Gasteiger partial charge in [-0.2, -0.15) is 0 Å². The molecule has 0 spiro atoms. The number of aromatic amines is 2. The molecule has 3 rings (SSSR count). The highest BCUT2D eigenvalue weighted by atomic mass is 16.3. The molecule has 98 valence electrons. The fraction of sp³-hybridized carbons (Fsp3) is 0.250. The van der Waals surface area contributed by atoms with E-state index >= 15 is 0 Å². The summed E-state index contributed by atoms with van der Waals surface area (Å²) in [7, 11) is 0. The SMILES string of the molecule is O=C1CC(O)CN1c1cccc2c(=O)[nH][nH]c(=O)c12. The number of hydrogen-bond acceptors (Lipinski definition) is 4. The van der Waals surface area contributed by atoms with Gasteiger partial charge >= 0.3 is 0 Å². The van der Waals surface area contributed by atoms with E-state index < -0.39 is 17.2 Å². The van der Waals surface area contributed by atoms with Crippen LogP contribution in [-0.4, -0.2) is 33.9 Å². The lowest BCUT2D eigenvalue weighted by Gasteiger charge is -2.17. The second kappa shape index (κ2) is 4.06. The van der Waals surface area contributed by atoms with Gasteiger partial charge in [-0.05, 0) is 12.1 Å². The molecule has 1 aromatic heterocycles. The van der Waals surface area contributed by atoms with Crippen molar-refractivity contribution in [3.8, 4) is 0 Å². The minimum atomic E-state index is -0.746. The van der Waals surface area contributed by atoms with Gasteiger partial charge in [-0.25, -0.2) is 0 Å². The van der Waals surface area contributed by atoms with Crippen molar-refractivity contribution >= 4 is 22.4 Å². The van der Waals surface area contributed by atoms with Crippen LogP contribution in [0.25, 0.3) is 10.8 Å². The van der Waals surface area contributed by atoms with Gasteiger partial charge in [0, 0.05) is 0 Å². The molecule has 0 radical (unpaired) electrons. The molecular weight excluding hydrogens is 250 g/mol. The Labute approximate surface area is 106 Å². The second-order valence-electron chi connectivity index (χ2n) is 4.47. The van der Waals surface area contributed by atoms with E-state index in [2.05, 4.69) is 10.2 Å². The van der Waals surface area contributed by atoms with Crippen LogP contribution in [-0.2, 0) is 4.79 Å². The summed E-state index contributed by atoms with van der Waals surface area (Å²) in [6.07, 6.45) is -0.721. The molecule has 0 bridgehead atoms. The first-order chi connectivity index (χ1) is 9.08. The number of benzene rings is 1. The summed E-state index contributed by atoms with van der Waals surface area (Å²) in [5.41, 5.74) is -0.547. The standard InChI is InChI=1S/C12H11N3O4/c16-6-4-9(17)15(5-6)8-3-1-2-7-10(8)12(19)14-13-11(7)18/h1-3,6,16H,4-5H2,(H,13,18)(H,14,19). The number of nitrogens with zero attached hydrogens (tertiary/aromatic N) is 1. The maximum Gasteiger partial charge on any atom is 0.272 e. The van der Waals surface area contributed by atoms with Crippen LogP contribution in [0, 0.1) is 0 Å². The predicted molar refractivity (Wildman–Crippen MR) is 68.2 cm³/mol. The van der Waals surface area contributed by atoms with E-state index in [1.54, 1.807) is 12.1 Å². The van der Waals surface area contributed by atoms with E-state index in [9.17, 15) is 19.5 Å². The van der Waals surface area contributed by atoms with Crippen molar-refractivity contribution in [3.63, 3.8) is 0 Å². The lowest BCUT2D eigenvalue weighted by Crippen LogP contribution is -2.28. The molecule has 2 aromatic rings. The Bertz CT molecular complexity index is 776. The number of fused-ring (bicyclic) bond motifs is 1. The van der Waals surface area contributed by atoms with Crippen LogP contribution in [0.2, 0.25) is 0 Å². The van der Waals surface area contributed by atoms with Gasteiger partial charge in [-0.15, -0.1) is 0 Å². The van der Waals surface area contributed by atoms with E-state index in [1.165, 1.54) is 11.0 Å². The number of β-amino-alcohol motifs (C(OH)–C–C–N with tert-alkyl or cyclic N) is 1. The molecular formula is C12H11N3O4. The normalized spacial score (nSPS) is 19.3. The van der Waals surface area contributed by atoms with Gasteiger partial charge < -0.3 is 10.0 Å². The Kier molecular flexibility index (Phi) is 2.49. The maximum absolute atomic E-state index is 11.9. The third-order valence-corrected chi connectivity index (χ3v) is 3.20. The van der Waals surface area contributed by atoms with E-state index in [0.29, 0.717) is 5.69 Å². The lowest BCUT2D eigenvalue weighted by atomic mass is 10.1. The van der Waals surface area contributed by atoms with Crippen LogP contribution in [0.5, 0.6) is 0 Å². The molecule has 1 atom stereocenters. The molecule has 0 aliphatic carbocycles. The van der Waals surface area contributed by atoms with Gasteiger partial charge in [0.25, 0.3) is 11.1 Å². The van der Waals surface area contributed by atoms with Crippen LogP contribution in [0.4, 0.5) is 5.69 Å². The number of nitrogens with one attached hydrogen (secondary N) is 2. The number of rotatable bonds is 1.